The maximum Gasteiger partial charge on any atom is 0.117 e. The lowest BCUT2D eigenvalue weighted by atomic mass is 9.96. The number of rotatable bonds is 2. The van der Waals surface area contributed by atoms with Crippen molar-refractivity contribution in [1.82, 2.24) is 15.5 Å². The normalized spacial score (nSPS) is 39.2. The minimum Gasteiger partial charge on any atom is -0.304 e. The van der Waals surface area contributed by atoms with Gasteiger partial charge in [0.1, 0.15) is 6.17 Å². The minimum absolute atomic E-state index is 0.0534. The average Bonchev–Trinajstić information content (AvgIpc) is 2.54. The molecule has 106 valence electrons. The van der Waals surface area contributed by atoms with E-state index >= 15 is 0 Å². The number of hydrogen-bond donors (Lipinski definition) is 2. The smallest absolute Gasteiger partial charge is 0.117 e. The fourth-order valence-corrected chi connectivity index (χ4v) is 3.69. The standard InChI is InChI=1S/C14H28FN3/c1-10-7-12(15)13(18(10)14(2,3)4)8-11-5-6-16-9-17-11/h10-13,16-17H,5-9H2,1-4H3/t10-,11?,12-,13?/m1/s1. The van der Waals surface area contributed by atoms with Crippen molar-refractivity contribution in [2.75, 3.05) is 13.2 Å². The molecule has 0 amide bonds. The van der Waals surface area contributed by atoms with Gasteiger partial charge in [0.15, 0.2) is 0 Å². The molecule has 4 heteroatoms. The van der Waals surface area contributed by atoms with Crippen molar-refractivity contribution in [3.8, 4) is 0 Å². The van der Waals surface area contributed by atoms with Crippen LogP contribution < -0.4 is 10.6 Å². The second kappa shape index (κ2) is 5.43. The Hall–Kier alpha value is -0.190. The molecule has 0 saturated carbocycles. The van der Waals surface area contributed by atoms with E-state index in [4.69, 9.17) is 0 Å². The molecule has 0 aromatic heterocycles. The quantitative estimate of drug-likeness (QED) is 0.791. The van der Waals surface area contributed by atoms with Gasteiger partial charge >= 0.3 is 0 Å². The van der Waals surface area contributed by atoms with Crippen molar-refractivity contribution in [2.45, 2.75) is 76.8 Å². The zero-order chi connectivity index (χ0) is 13.3. The van der Waals surface area contributed by atoms with Gasteiger partial charge in [0, 0.05) is 30.3 Å². The van der Waals surface area contributed by atoms with E-state index in [0.29, 0.717) is 18.5 Å². The molecule has 2 fully saturated rings. The summed E-state index contributed by atoms with van der Waals surface area (Å²) < 4.78 is 14.3. The molecule has 2 unspecified atom stereocenters. The fraction of sp³-hybridized carbons (Fsp3) is 1.00. The van der Waals surface area contributed by atoms with Crippen LogP contribution >= 0.6 is 0 Å². The van der Waals surface area contributed by atoms with Crippen LogP contribution in [-0.4, -0.2) is 47.9 Å². The number of halogens is 1. The third kappa shape index (κ3) is 3.03. The molecule has 0 aromatic rings. The monoisotopic (exact) mass is 257 g/mol. The summed E-state index contributed by atoms with van der Waals surface area (Å²) >= 11 is 0. The number of alkyl halides is 1. The predicted octanol–water partition coefficient (Wildman–Crippen LogP) is 1.88. The average molecular weight is 257 g/mol. The zero-order valence-electron chi connectivity index (χ0n) is 12.2. The first kappa shape index (κ1) is 14.2. The number of likely N-dealkylation sites (tertiary alicyclic amines) is 1. The van der Waals surface area contributed by atoms with Gasteiger partial charge in [-0.3, -0.25) is 4.90 Å². The Morgan fingerprint density at radius 2 is 2.06 bits per heavy atom. The summed E-state index contributed by atoms with van der Waals surface area (Å²) in [6.07, 6.45) is 2.06. The van der Waals surface area contributed by atoms with Crippen molar-refractivity contribution in [3.05, 3.63) is 0 Å². The molecular weight excluding hydrogens is 229 g/mol. The van der Waals surface area contributed by atoms with Crippen molar-refractivity contribution < 1.29 is 4.39 Å². The Balaban J connectivity index is 2.03. The lowest BCUT2D eigenvalue weighted by Crippen LogP contribution is -2.53. The zero-order valence-corrected chi connectivity index (χ0v) is 12.2. The van der Waals surface area contributed by atoms with Crippen molar-refractivity contribution in [2.24, 2.45) is 0 Å². The van der Waals surface area contributed by atoms with E-state index in [1.807, 2.05) is 0 Å². The van der Waals surface area contributed by atoms with Crippen LogP contribution in [0.2, 0.25) is 0 Å². The topological polar surface area (TPSA) is 27.3 Å². The maximum atomic E-state index is 14.3. The van der Waals surface area contributed by atoms with Crippen LogP contribution in [0.5, 0.6) is 0 Å². The first-order valence-electron chi connectivity index (χ1n) is 7.26. The summed E-state index contributed by atoms with van der Waals surface area (Å²) in [4.78, 5) is 2.39. The van der Waals surface area contributed by atoms with E-state index in [1.165, 1.54) is 0 Å². The Morgan fingerprint density at radius 1 is 1.33 bits per heavy atom. The van der Waals surface area contributed by atoms with E-state index in [0.717, 1.165) is 26.1 Å². The first-order valence-corrected chi connectivity index (χ1v) is 7.26. The van der Waals surface area contributed by atoms with E-state index in [9.17, 15) is 4.39 Å². The van der Waals surface area contributed by atoms with Gasteiger partial charge in [-0.25, -0.2) is 4.39 Å². The Kier molecular flexibility index (Phi) is 4.29. The third-order valence-electron chi connectivity index (χ3n) is 4.30. The van der Waals surface area contributed by atoms with Gasteiger partial charge < -0.3 is 10.6 Å². The molecule has 0 radical (unpaired) electrons. The van der Waals surface area contributed by atoms with Crippen molar-refractivity contribution in [3.63, 3.8) is 0 Å². The maximum absolute atomic E-state index is 14.3. The molecule has 2 saturated heterocycles. The Morgan fingerprint density at radius 3 is 2.61 bits per heavy atom. The SMILES string of the molecule is C[C@@H]1C[C@@H](F)C(CC2CCNCN2)N1C(C)(C)C. The molecule has 2 N–H and O–H groups in total. The summed E-state index contributed by atoms with van der Waals surface area (Å²) in [7, 11) is 0. The highest BCUT2D eigenvalue weighted by atomic mass is 19.1. The predicted molar refractivity (Wildman–Crippen MR) is 73.4 cm³/mol. The molecule has 0 aromatic carbocycles. The second-order valence-corrected chi connectivity index (χ2v) is 6.85. The van der Waals surface area contributed by atoms with Crippen LogP contribution in [-0.2, 0) is 0 Å². The first-order chi connectivity index (χ1) is 8.39. The van der Waals surface area contributed by atoms with Gasteiger partial charge in [0.05, 0.1) is 0 Å². The number of hydrogen-bond acceptors (Lipinski definition) is 3. The van der Waals surface area contributed by atoms with Crippen LogP contribution in [0.4, 0.5) is 4.39 Å². The van der Waals surface area contributed by atoms with Crippen LogP contribution in [0.3, 0.4) is 0 Å². The van der Waals surface area contributed by atoms with Gasteiger partial charge in [-0.15, -0.1) is 0 Å². The largest absolute Gasteiger partial charge is 0.304 e. The number of nitrogens with one attached hydrogen (secondary N) is 2. The van der Waals surface area contributed by atoms with E-state index in [2.05, 4.69) is 43.2 Å². The Labute approximate surface area is 110 Å². The summed E-state index contributed by atoms with van der Waals surface area (Å²) in [5, 5.41) is 6.73. The van der Waals surface area contributed by atoms with Crippen molar-refractivity contribution in [1.29, 1.82) is 0 Å². The molecule has 0 bridgehead atoms. The highest BCUT2D eigenvalue weighted by molar-refractivity contribution is 4.99. The highest BCUT2D eigenvalue weighted by Crippen LogP contribution is 2.36. The highest BCUT2D eigenvalue weighted by Gasteiger charge is 2.44. The summed E-state index contributed by atoms with van der Waals surface area (Å²) in [6, 6.07) is 0.895. The second-order valence-electron chi connectivity index (χ2n) is 6.85. The van der Waals surface area contributed by atoms with Crippen LogP contribution in [0.15, 0.2) is 0 Å². The molecule has 2 aliphatic rings. The molecule has 2 rings (SSSR count). The summed E-state index contributed by atoms with van der Waals surface area (Å²) in [5.74, 6) is 0. The van der Waals surface area contributed by atoms with Gasteiger partial charge in [0.2, 0.25) is 0 Å². The van der Waals surface area contributed by atoms with Gasteiger partial charge in [-0.05, 0) is 53.5 Å². The van der Waals surface area contributed by atoms with Crippen LogP contribution in [0, 0.1) is 0 Å². The van der Waals surface area contributed by atoms with Gasteiger partial charge in [-0.1, -0.05) is 0 Å². The van der Waals surface area contributed by atoms with Gasteiger partial charge in [0.25, 0.3) is 0 Å². The number of nitrogens with zero attached hydrogens (tertiary/aromatic N) is 1. The van der Waals surface area contributed by atoms with E-state index in [-0.39, 0.29) is 11.6 Å². The lowest BCUT2D eigenvalue weighted by Gasteiger charge is -2.42. The molecule has 2 heterocycles. The molecule has 4 atom stereocenters. The van der Waals surface area contributed by atoms with E-state index < -0.39 is 6.17 Å². The molecule has 2 aliphatic heterocycles. The lowest BCUT2D eigenvalue weighted by molar-refractivity contribution is 0.0560. The van der Waals surface area contributed by atoms with Gasteiger partial charge in [-0.2, -0.15) is 0 Å². The minimum atomic E-state index is -0.670. The van der Waals surface area contributed by atoms with Crippen LogP contribution in [0.25, 0.3) is 0 Å². The summed E-state index contributed by atoms with van der Waals surface area (Å²) in [5.41, 5.74) is 0.0534. The van der Waals surface area contributed by atoms with Crippen molar-refractivity contribution >= 4 is 0 Å². The molecule has 3 nitrogen and oxygen atoms in total. The molecular formula is C14H28FN3. The molecule has 0 aliphatic carbocycles. The van der Waals surface area contributed by atoms with E-state index in [1.54, 1.807) is 0 Å². The summed E-state index contributed by atoms with van der Waals surface area (Å²) in [6.45, 7) is 10.7. The molecule has 18 heavy (non-hydrogen) atoms. The molecule has 0 spiro atoms. The Bertz CT molecular complexity index is 271. The van der Waals surface area contributed by atoms with Crippen LogP contribution in [0.1, 0.15) is 47.0 Å². The fourth-order valence-electron chi connectivity index (χ4n) is 3.69. The third-order valence-corrected chi connectivity index (χ3v) is 4.30.